The molecule has 0 saturated heterocycles. The summed E-state index contributed by atoms with van der Waals surface area (Å²) in [5, 5.41) is 14.1. The Kier molecular flexibility index (Phi) is 5.80. The van der Waals surface area contributed by atoms with Crippen LogP contribution in [0, 0.1) is 27.7 Å². The van der Waals surface area contributed by atoms with Crippen LogP contribution in [0.2, 0.25) is 0 Å². The third-order valence-corrected chi connectivity index (χ3v) is 3.89. The first-order valence-electron chi connectivity index (χ1n) is 7.85. The van der Waals surface area contributed by atoms with Crippen LogP contribution in [0.3, 0.4) is 0 Å². The van der Waals surface area contributed by atoms with E-state index in [9.17, 15) is 5.11 Å². The monoisotopic (exact) mass is 318 g/mol. The molecule has 23 heavy (non-hydrogen) atoms. The fourth-order valence-corrected chi connectivity index (χ4v) is 2.62. The Bertz CT molecular complexity index is 632. The van der Waals surface area contributed by atoms with Crippen LogP contribution in [0.25, 0.3) is 0 Å². The molecule has 0 saturated carbocycles. The van der Waals surface area contributed by atoms with Gasteiger partial charge in [-0.1, -0.05) is 22.9 Å². The first-order chi connectivity index (χ1) is 10.9. The van der Waals surface area contributed by atoms with Crippen molar-refractivity contribution in [2.75, 3.05) is 20.2 Å². The van der Waals surface area contributed by atoms with Crippen molar-refractivity contribution < 1.29 is 14.4 Å². The van der Waals surface area contributed by atoms with Gasteiger partial charge >= 0.3 is 0 Å². The van der Waals surface area contributed by atoms with Gasteiger partial charge in [0.05, 0.1) is 5.69 Å². The molecule has 126 valence electrons. The Morgan fingerprint density at radius 1 is 1.26 bits per heavy atom. The number of hydrogen-bond donors (Lipinski definition) is 1. The summed E-state index contributed by atoms with van der Waals surface area (Å²) in [4.78, 5) is 2.04. The van der Waals surface area contributed by atoms with E-state index in [4.69, 9.17) is 9.26 Å². The molecule has 1 unspecified atom stereocenters. The summed E-state index contributed by atoms with van der Waals surface area (Å²) in [6.45, 7) is 9.39. The van der Waals surface area contributed by atoms with Crippen LogP contribution >= 0.6 is 0 Å². The maximum absolute atomic E-state index is 10.2. The minimum atomic E-state index is -0.554. The molecular weight excluding hydrogens is 292 g/mol. The van der Waals surface area contributed by atoms with Crippen LogP contribution < -0.4 is 4.74 Å². The van der Waals surface area contributed by atoms with Gasteiger partial charge in [-0.3, -0.25) is 4.90 Å². The lowest BCUT2D eigenvalue weighted by Crippen LogP contribution is -2.33. The van der Waals surface area contributed by atoms with Crippen molar-refractivity contribution in [2.24, 2.45) is 0 Å². The van der Waals surface area contributed by atoms with Gasteiger partial charge in [-0.2, -0.15) is 0 Å². The molecule has 0 radical (unpaired) electrons. The highest BCUT2D eigenvalue weighted by atomic mass is 16.5. The number of aliphatic hydroxyl groups is 1. The van der Waals surface area contributed by atoms with E-state index in [-0.39, 0.29) is 6.61 Å². The molecule has 0 bridgehead atoms. The van der Waals surface area contributed by atoms with Crippen molar-refractivity contribution in [1.29, 1.82) is 0 Å². The number of hydrogen-bond acceptors (Lipinski definition) is 5. The van der Waals surface area contributed by atoms with Gasteiger partial charge in [-0.25, -0.2) is 0 Å². The van der Waals surface area contributed by atoms with Crippen LogP contribution in [-0.2, 0) is 6.54 Å². The zero-order valence-corrected chi connectivity index (χ0v) is 14.6. The molecule has 0 fully saturated rings. The second-order valence-corrected chi connectivity index (χ2v) is 6.23. The minimum Gasteiger partial charge on any atom is -0.491 e. The molecule has 0 aliphatic heterocycles. The fraction of sp³-hybridized carbons (Fsp3) is 0.500. The van der Waals surface area contributed by atoms with Crippen LogP contribution in [-0.4, -0.2) is 41.5 Å². The Morgan fingerprint density at radius 2 is 2.00 bits per heavy atom. The topological polar surface area (TPSA) is 58.7 Å². The maximum Gasteiger partial charge on any atom is 0.138 e. The smallest absolute Gasteiger partial charge is 0.138 e. The van der Waals surface area contributed by atoms with Crippen LogP contribution in [0.1, 0.15) is 28.1 Å². The number of ether oxygens (including phenoxy) is 1. The maximum atomic E-state index is 10.2. The van der Waals surface area contributed by atoms with Gasteiger partial charge < -0.3 is 14.4 Å². The van der Waals surface area contributed by atoms with Crippen LogP contribution in [0.5, 0.6) is 5.75 Å². The molecule has 1 atom stereocenters. The van der Waals surface area contributed by atoms with E-state index in [1.165, 1.54) is 5.56 Å². The summed E-state index contributed by atoms with van der Waals surface area (Å²) in [5.74, 6) is 1.65. The largest absolute Gasteiger partial charge is 0.491 e. The lowest BCUT2D eigenvalue weighted by molar-refractivity contribution is 0.0739. The molecule has 1 aromatic heterocycles. The van der Waals surface area contributed by atoms with E-state index in [0.717, 1.165) is 28.3 Å². The van der Waals surface area contributed by atoms with Crippen molar-refractivity contribution in [3.8, 4) is 5.75 Å². The highest BCUT2D eigenvalue weighted by molar-refractivity contribution is 5.35. The molecule has 5 nitrogen and oxygen atoms in total. The number of likely N-dealkylation sites (N-methyl/N-ethyl adjacent to an activating group) is 1. The van der Waals surface area contributed by atoms with Gasteiger partial charge in [0.15, 0.2) is 0 Å². The number of rotatable bonds is 7. The summed E-state index contributed by atoms with van der Waals surface area (Å²) in [6.07, 6.45) is -0.554. The molecule has 1 aromatic carbocycles. The third kappa shape index (κ3) is 4.81. The molecule has 1 N–H and O–H groups in total. The van der Waals surface area contributed by atoms with Crippen molar-refractivity contribution in [2.45, 2.75) is 40.3 Å². The second kappa shape index (κ2) is 7.62. The van der Waals surface area contributed by atoms with Crippen molar-refractivity contribution in [3.63, 3.8) is 0 Å². The van der Waals surface area contributed by atoms with E-state index in [2.05, 4.69) is 18.1 Å². The number of nitrogens with zero attached hydrogens (tertiary/aromatic N) is 2. The molecule has 0 aliphatic carbocycles. The van der Waals surface area contributed by atoms with E-state index >= 15 is 0 Å². The Morgan fingerprint density at radius 3 is 2.61 bits per heavy atom. The molecule has 5 heteroatoms. The zero-order chi connectivity index (χ0) is 17.0. The molecule has 0 aliphatic rings. The second-order valence-electron chi connectivity index (χ2n) is 6.23. The van der Waals surface area contributed by atoms with E-state index < -0.39 is 6.10 Å². The molecule has 1 heterocycles. The standard InChI is InChI=1S/C18H26N2O3/c1-12-6-7-18(13(2)8-12)22-11-16(21)9-20(5)10-17-14(3)19-23-15(17)4/h6-8,16,21H,9-11H2,1-5H3. The lowest BCUT2D eigenvalue weighted by atomic mass is 10.1. The Hall–Kier alpha value is -1.85. The average Bonchev–Trinajstić information content (AvgIpc) is 2.78. The Labute approximate surface area is 137 Å². The number of aliphatic hydroxyl groups excluding tert-OH is 1. The lowest BCUT2D eigenvalue weighted by Gasteiger charge is -2.21. The highest BCUT2D eigenvalue weighted by Crippen LogP contribution is 2.19. The number of aromatic nitrogens is 1. The molecule has 0 spiro atoms. The number of benzene rings is 1. The van der Waals surface area contributed by atoms with Crippen molar-refractivity contribution >= 4 is 0 Å². The van der Waals surface area contributed by atoms with Crippen molar-refractivity contribution in [3.05, 3.63) is 46.3 Å². The fourth-order valence-electron chi connectivity index (χ4n) is 2.62. The molecule has 2 rings (SSSR count). The van der Waals surface area contributed by atoms with E-state index in [1.54, 1.807) is 0 Å². The molecule has 2 aromatic rings. The quantitative estimate of drug-likeness (QED) is 0.850. The van der Waals surface area contributed by atoms with Gasteiger partial charge in [0.25, 0.3) is 0 Å². The van der Waals surface area contributed by atoms with Crippen LogP contribution in [0.4, 0.5) is 0 Å². The first kappa shape index (κ1) is 17.5. The van der Waals surface area contributed by atoms with Gasteiger partial charge in [0.2, 0.25) is 0 Å². The highest BCUT2D eigenvalue weighted by Gasteiger charge is 2.15. The summed E-state index contributed by atoms with van der Waals surface area (Å²) >= 11 is 0. The predicted octanol–water partition coefficient (Wildman–Crippen LogP) is 2.78. The zero-order valence-electron chi connectivity index (χ0n) is 14.6. The third-order valence-electron chi connectivity index (χ3n) is 3.89. The summed E-state index contributed by atoms with van der Waals surface area (Å²) < 4.78 is 10.9. The van der Waals surface area contributed by atoms with Crippen molar-refractivity contribution in [1.82, 2.24) is 10.1 Å². The predicted molar refractivity (Wildman–Crippen MR) is 89.7 cm³/mol. The SMILES string of the molecule is Cc1ccc(OCC(O)CN(C)Cc2c(C)noc2C)c(C)c1. The Balaban J connectivity index is 1.83. The van der Waals surface area contributed by atoms with Crippen LogP contribution in [0.15, 0.2) is 22.7 Å². The van der Waals surface area contributed by atoms with Gasteiger partial charge in [0.1, 0.15) is 24.2 Å². The summed E-state index contributed by atoms with van der Waals surface area (Å²) in [6, 6.07) is 6.04. The summed E-state index contributed by atoms with van der Waals surface area (Å²) in [5.41, 5.74) is 4.27. The summed E-state index contributed by atoms with van der Waals surface area (Å²) in [7, 11) is 1.96. The normalized spacial score (nSPS) is 12.7. The van der Waals surface area contributed by atoms with E-state index in [1.807, 2.05) is 44.9 Å². The first-order valence-corrected chi connectivity index (χ1v) is 7.85. The van der Waals surface area contributed by atoms with Gasteiger partial charge in [0, 0.05) is 18.7 Å². The number of aryl methyl sites for hydroxylation is 4. The van der Waals surface area contributed by atoms with Gasteiger partial charge in [-0.05, 0) is 46.4 Å². The molecular formula is C18H26N2O3. The molecule has 0 amide bonds. The van der Waals surface area contributed by atoms with Gasteiger partial charge in [-0.15, -0.1) is 0 Å². The van der Waals surface area contributed by atoms with E-state index in [0.29, 0.717) is 13.1 Å². The average molecular weight is 318 g/mol. The minimum absolute atomic E-state index is 0.274.